The van der Waals surface area contributed by atoms with E-state index >= 15 is 0 Å². The Morgan fingerprint density at radius 3 is 2.82 bits per heavy atom. The second-order valence-corrected chi connectivity index (χ2v) is 7.30. The summed E-state index contributed by atoms with van der Waals surface area (Å²) < 4.78 is 24.9. The summed E-state index contributed by atoms with van der Waals surface area (Å²) in [5, 5.41) is 13.3. The Morgan fingerprint density at radius 1 is 1.36 bits per heavy atom. The highest BCUT2D eigenvalue weighted by molar-refractivity contribution is 9.10. The van der Waals surface area contributed by atoms with E-state index in [1.165, 1.54) is 18.3 Å². The molecule has 2 N–H and O–H groups in total. The molecule has 11 heteroatoms. The van der Waals surface area contributed by atoms with Crippen LogP contribution in [-0.2, 0) is 9.53 Å². The molecule has 0 aliphatic carbocycles. The molecule has 2 aromatic carbocycles. The molecule has 1 aromatic heterocycles. The lowest BCUT2D eigenvalue weighted by Crippen LogP contribution is -2.16. The van der Waals surface area contributed by atoms with Crippen molar-refractivity contribution >= 4 is 34.1 Å². The SMILES string of the molecule is CCOC(=O)COc1c(F)cc(Br)cc1C=NNc1nc(-c2ccccc2)c(C#N)c(=O)[nH]1. The van der Waals surface area contributed by atoms with E-state index in [1.807, 2.05) is 6.07 Å². The number of aromatic amines is 1. The number of aromatic nitrogens is 2. The normalized spacial score (nSPS) is 10.6. The molecule has 33 heavy (non-hydrogen) atoms. The van der Waals surface area contributed by atoms with Crippen molar-refractivity contribution < 1.29 is 18.7 Å². The summed E-state index contributed by atoms with van der Waals surface area (Å²) in [6.07, 6.45) is 1.23. The third-order valence-corrected chi connectivity index (χ3v) is 4.59. The number of carbonyl (C=O) groups excluding carboxylic acids is 1. The highest BCUT2D eigenvalue weighted by Crippen LogP contribution is 2.26. The van der Waals surface area contributed by atoms with E-state index in [4.69, 9.17) is 9.47 Å². The number of hydrazone groups is 1. The van der Waals surface area contributed by atoms with Gasteiger partial charge in [-0.3, -0.25) is 9.78 Å². The van der Waals surface area contributed by atoms with Crippen LogP contribution in [0.15, 0.2) is 56.8 Å². The van der Waals surface area contributed by atoms with Crippen molar-refractivity contribution in [3.8, 4) is 23.1 Å². The van der Waals surface area contributed by atoms with E-state index in [-0.39, 0.29) is 35.1 Å². The lowest BCUT2D eigenvalue weighted by atomic mass is 10.1. The molecule has 0 saturated carbocycles. The molecule has 0 radical (unpaired) electrons. The smallest absolute Gasteiger partial charge is 0.344 e. The number of benzene rings is 2. The maximum absolute atomic E-state index is 14.4. The maximum atomic E-state index is 14.4. The van der Waals surface area contributed by atoms with Gasteiger partial charge < -0.3 is 9.47 Å². The first-order valence-electron chi connectivity index (χ1n) is 9.59. The number of anilines is 1. The molecule has 0 atom stereocenters. The van der Waals surface area contributed by atoms with Gasteiger partial charge in [0.15, 0.2) is 18.2 Å². The van der Waals surface area contributed by atoms with Crippen molar-refractivity contribution in [2.75, 3.05) is 18.6 Å². The molecule has 0 aliphatic rings. The molecule has 0 unspecified atom stereocenters. The molecule has 3 aromatic rings. The number of ether oxygens (including phenoxy) is 2. The van der Waals surface area contributed by atoms with Crippen LogP contribution < -0.4 is 15.7 Å². The van der Waals surface area contributed by atoms with Crippen molar-refractivity contribution in [2.24, 2.45) is 5.10 Å². The van der Waals surface area contributed by atoms with E-state index in [2.05, 4.69) is 36.4 Å². The lowest BCUT2D eigenvalue weighted by molar-refractivity contribution is -0.145. The number of carbonyl (C=O) groups is 1. The van der Waals surface area contributed by atoms with Gasteiger partial charge in [-0.2, -0.15) is 10.4 Å². The van der Waals surface area contributed by atoms with E-state index in [0.717, 1.165) is 0 Å². The monoisotopic (exact) mass is 513 g/mol. The zero-order valence-electron chi connectivity index (χ0n) is 17.3. The minimum Gasteiger partial charge on any atom is -0.478 e. The summed E-state index contributed by atoms with van der Waals surface area (Å²) in [5.74, 6) is -1.60. The number of nitrogens with zero attached hydrogens (tertiary/aromatic N) is 3. The first-order valence-corrected chi connectivity index (χ1v) is 10.4. The minimum atomic E-state index is -0.716. The van der Waals surface area contributed by atoms with Gasteiger partial charge in [0.25, 0.3) is 5.56 Å². The van der Waals surface area contributed by atoms with Crippen LogP contribution >= 0.6 is 15.9 Å². The Labute approximate surface area is 196 Å². The van der Waals surface area contributed by atoms with Crippen LogP contribution in [-0.4, -0.2) is 35.4 Å². The Morgan fingerprint density at radius 2 is 2.12 bits per heavy atom. The molecule has 3 rings (SSSR count). The molecular weight excluding hydrogens is 497 g/mol. The van der Waals surface area contributed by atoms with Gasteiger partial charge in [0, 0.05) is 15.6 Å². The highest BCUT2D eigenvalue weighted by Gasteiger charge is 2.15. The molecule has 0 bridgehead atoms. The first-order chi connectivity index (χ1) is 15.9. The van der Waals surface area contributed by atoms with E-state index in [1.54, 1.807) is 37.3 Å². The molecule has 0 spiro atoms. The molecule has 1 heterocycles. The molecule has 0 aliphatic heterocycles. The third-order valence-electron chi connectivity index (χ3n) is 4.13. The van der Waals surface area contributed by atoms with Gasteiger partial charge in [0.05, 0.1) is 18.5 Å². The van der Waals surface area contributed by atoms with Crippen molar-refractivity contribution in [1.29, 1.82) is 5.26 Å². The predicted molar refractivity (Wildman–Crippen MR) is 122 cm³/mol. The Hall–Kier alpha value is -4.04. The van der Waals surface area contributed by atoms with Crippen LogP contribution in [0.3, 0.4) is 0 Å². The summed E-state index contributed by atoms with van der Waals surface area (Å²) in [6, 6.07) is 13.3. The van der Waals surface area contributed by atoms with Gasteiger partial charge in [-0.15, -0.1) is 0 Å². The molecule has 0 amide bonds. The predicted octanol–water partition coefficient (Wildman–Crippen LogP) is 3.60. The minimum absolute atomic E-state index is 0.0291. The summed E-state index contributed by atoms with van der Waals surface area (Å²) in [4.78, 5) is 30.6. The van der Waals surface area contributed by atoms with Gasteiger partial charge in [-0.05, 0) is 19.1 Å². The quantitative estimate of drug-likeness (QED) is 0.267. The number of nitriles is 1. The maximum Gasteiger partial charge on any atom is 0.344 e. The van der Waals surface area contributed by atoms with Crippen molar-refractivity contribution in [3.05, 3.63) is 74.2 Å². The number of hydrogen-bond acceptors (Lipinski definition) is 8. The number of halogens is 2. The Bertz CT molecular complexity index is 1290. The first kappa shape index (κ1) is 23.6. The number of nitrogens with one attached hydrogen (secondary N) is 2. The fourth-order valence-electron chi connectivity index (χ4n) is 2.76. The Balaban J connectivity index is 1.87. The van der Waals surface area contributed by atoms with Crippen LogP contribution in [0.4, 0.5) is 10.3 Å². The molecular formula is C22H17BrFN5O4. The average Bonchev–Trinajstić information content (AvgIpc) is 2.79. The fraction of sp³-hybridized carbons (Fsp3) is 0.136. The van der Waals surface area contributed by atoms with Gasteiger partial charge in [-0.1, -0.05) is 46.3 Å². The summed E-state index contributed by atoms with van der Waals surface area (Å²) in [6.45, 7) is 1.34. The van der Waals surface area contributed by atoms with Crippen molar-refractivity contribution in [3.63, 3.8) is 0 Å². The number of hydrogen-bond donors (Lipinski definition) is 2. The molecule has 0 fully saturated rings. The fourth-order valence-corrected chi connectivity index (χ4v) is 3.21. The second kappa shape index (κ2) is 11.0. The van der Waals surface area contributed by atoms with Crippen LogP contribution in [0.2, 0.25) is 0 Å². The van der Waals surface area contributed by atoms with Crippen LogP contribution in [0.1, 0.15) is 18.1 Å². The van der Waals surface area contributed by atoms with Gasteiger partial charge in [-0.25, -0.2) is 19.6 Å². The second-order valence-electron chi connectivity index (χ2n) is 6.39. The van der Waals surface area contributed by atoms with Crippen molar-refractivity contribution in [1.82, 2.24) is 9.97 Å². The zero-order valence-corrected chi connectivity index (χ0v) is 18.8. The van der Waals surface area contributed by atoms with E-state index in [9.17, 15) is 19.2 Å². The molecule has 9 nitrogen and oxygen atoms in total. The van der Waals surface area contributed by atoms with Gasteiger partial charge >= 0.3 is 5.97 Å². The summed E-state index contributed by atoms with van der Waals surface area (Å²) in [5.41, 5.74) is 2.75. The molecule has 0 saturated heterocycles. The number of esters is 1. The van der Waals surface area contributed by atoms with Crippen LogP contribution in [0.25, 0.3) is 11.3 Å². The number of rotatable bonds is 8. The number of H-pyrrole nitrogens is 1. The topological polar surface area (TPSA) is 129 Å². The van der Waals surface area contributed by atoms with Gasteiger partial charge in [0.2, 0.25) is 5.95 Å². The largest absolute Gasteiger partial charge is 0.478 e. The lowest BCUT2D eigenvalue weighted by Gasteiger charge is -2.10. The zero-order chi connectivity index (χ0) is 23.8. The van der Waals surface area contributed by atoms with Crippen LogP contribution in [0.5, 0.6) is 5.75 Å². The average molecular weight is 514 g/mol. The third kappa shape index (κ3) is 6.02. The summed E-state index contributed by atoms with van der Waals surface area (Å²) in [7, 11) is 0. The highest BCUT2D eigenvalue weighted by atomic mass is 79.9. The standard InChI is InChI=1S/C22H17BrFN5O4/c1-2-32-18(30)12-33-20-14(8-15(23)9-17(20)24)11-26-29-22-27-19(13-6-4-3-5-7-13)16(10-25)21(31)28-22/h3-9,11H,2,12H2,1H3,(H2,27,28,29,31). The summed E-state index contributed by atoms with van der Waals surface area (Å²) >= 11 is 3.19. The van der Waals surface area contributed by atoms with E-state index in [0.29, 0.717) is 10.0 Å². The van der Waals surface area contributed by atoms with Gasteiger partial charge in [0.1, 0.15) is 11.6 Å². The van der Waals surface area contributed by atoms with E-state index < -0.39 is 24.0 Å². The Kier molecular flexibility index (Phi) is 7.88. The molecule has 168 valence electrons. The van der Waals surface area contributed by atoms with Crippen LogP contribution in [0, 0.1) is 17.1 Å². The van der Waals surface area contributed by atoms with Crippen molar-refractivity contribution in [2.45, 2.75) is 6.92 Å².